The Morgan fingerprint density at radius 1 is 1.07 bits per heavy atom. The van der Waals surface area contributed by atoms with Crippen molar-refractivity contribution in [3.63, 3.8) is 0 Å². The predicted octanol–water partition coefficient (Wildman–Crippen LogP) is 4.17. The fourth-order valence-electron chi connectivity index (χ4n) is 3.37. The van der Waals surface area contributed by atoms with Crippen molar-refractivity contribution in [3.8, 4) is 11.5 Å². The molecule has 0 spiro atoms. The fourth-order valence-corrected chi connectivity index (χ4v) is 4.05. The van der Waals surface area contributed by atoms with E-state index < -0.39 is 0 Å². The third-order valence-electron chi connectivity index (χ3n) is 4.63. The van der Waals surface area contributed by atoms with E-state index in [9.17, 15) is 4.79 Å². The second kappa shape index (κ2) is 9.00. The summed E-state index contributed by atoms with van der Waals surface area (Å²) in [6.45, 7) is 5.89. The SMILES string of the molecule is COc1cc(I)c(C(=O)Nc2ccc(N3CC(C)OC(C)C3)cc2)cc1OC. The molecule has 1 fully saturated rings. The number of carbonyl (C=O) groups excluding carboxylic acids is 1. The van der Waals surface area contributed by atoms with E-state index in [1.807, 2.05) is 24.3 Å². The van der Waals surface area contributed by atoms with Crippen molar-refractivity contribution in [1.82, 2.24) is 0 Å². The molecule has 2 aromatic rings. The minimum absolute atomic E-state index is 0.188. The van der Waals surface area contributed by atoms with Crippen molar-refractivity contribution in [3.05, 3.63) is 45.5 Å². The number of ether oxygens (including phenoxy) is 3. The van der Waals surface area contributed by atoms with Crippen molar-refractivity contribution in [1.29, 1.82) is 0 Å². The molecule has 0 aliphatic carbocycles. The Labute approximate surface area is 179 Å². The number of nitrogens with one attached hydrogen (secondary N) is 1. The molecular formula is C21H25IN2O4. The van der Waals surface area contributed by atoms with Crippen molar-refractivity contribution in [2.24, 2.45) is 0 Å². The number of morpholine rings is 1. The van der Waals surface area contributed by atoms with Gasteiger partial charge in [-0.05, 0) is 72.8 Å². The number of anilines is 2. The van der Waals surface area contributed by atoms with Gasteiger partial charge in [-0.25, -0.2) is 0 Å². The lowest BCUT2D eigenvalue weighted by Gasteiger charge is -2.36. The van der Waals surface area contributed by atoms with Crippen LogP contribution in [0.5, 0.6) is 11.5 Å². The first-order chi connectivity index (χ1) is 13.4. The first kappa shape index (κ1) is 20.7. The molecule has 0 bridgehead atoms. The van der Waals surface area contributed by atoms with Gasteiger partial charge in [0.1, 0.15) is 0 Å². The number of carbonyl (C=O) groups is 1. The highest BCUT2D eigenvalue weighted by atomic mass is 127. The van der Waals surface area contributed by atoms with Gasteiger partial charge in [-0.2, -0.15) is 0 Å². The maximum absolute atomic E-state index is 12.7. The molecule has 7 heteroatoms. The van der Waals surface area contributed by atoms with E-state index in [4.69, 9.17) is 14.2 Å². The third-order valence-corrected chi connectivity index (χ3v) is 5.52. The number of halogens is 1. The average molecular weight is 496 g/mol. The molecule has 0 aromatic heterocycles. The Morgan fingerprint density at radius 2 is 1.64 bits per heavy atom. The van der Waals surface area contributed by atoms with Crippen LogP contribution >= 0.6 is 22.6 Å². The molecule has 28 heavy (non-hydrogen) atoms. The van der Waals surface area contributed by atoms with Gasteiger partial charge in [-0.15, -0.1) is 0 Å². The molecule has 3 rings (SSSR count). The van der Waals surface area contributed by atoms with Gasteiger partial charge in [0, 0.05) is 28.0 Å². The maximum atomic E-state index is 12.7. The quantitative estimate of drug-likeness (QED) is 0.630. The Bertz CT molecular complexity index is 831. The van der Waals surface area contributed by atoms with Crippen molar-refractivity contribution < 1.29 is 19.0 Å². The zero-order valence-electron chi connectivity index (χ0n) is 16.5. The lowest BCUT2D eigenvalue weighted by atomic mass is 10.1. The molecular weight excluding hydrogens is 471 g/mol. The predicted molar refractivity (Wildman–Crippen MR) is 119 cm³/mol. The van der Waals surface area contributed by atoms with Crippen LogP contribution in [0.25, 0.3) is 0 Å². The van der Waals surface area contributed by atoms with E-state index in [0.29, 0.717) is 17.1 Å². The van der Waals surface area contributed by atoms with Crippen LogP contribution in [0.15, 0.2) is 36.4 Å². The van der Waals surface area contributed by atoms with Crippen LogP contribution in [0.4, 0.5) is 11.4 Å². The molecule has 1 amide bonds. The molecule has 1 aliphatic rings. The molecule has 1 heterocycles. The first-order valence-electron chi connectivity index (χ1n) is 9.14. The van der Waals surface area contributed by atoms with E-state index in [1.165, 1.54) is 0 Å². The van der Waals surface area contributed by atoms with Crippen LogP contribution in [0, 0.1) is 3.57 Å². The molecule has 2 aromatic carbocycles. The number of methoxy groups -OCH3 is 2. The molecule has 6 nitrogen and oxygen atoms in total. The van der Waals surface area contributed by atoms with Crippen LogP contribution in [-0.2, 0) is 4.74 Å². The second-order valence-corrected chi connectivity index (χ2v) is 8.01. The summed E-state index contributed by atoms with van der Waals surface area (Å²) >= 11 is 2.12. The number of nitrogens with zero attached hydrogens (tertiary/aromatic N) is 1. The zero-order chi connectivity index (χ0) is 20.3. The van der Waals surface area contributed by atoms with Crippen molar-refractivity contribution in [2.75, 3.05) is 37.5 Å². The van der Waals surface area contributed by atoms with Crippen molar-refractivity contribution in [2.45, 2.75) is 26.1 Å². The normalized spacial score (nSPS) is 19.2. The van der Waals surface area contributed by atoms with Gasteiger partial charge in [-0.1, -0.05) is 0 Å². The van der Waals surface area contributed by atoms with Crippen LogP contribution in [-0.4, -0.2) is 45.4 Å². The number of rotatable bonds is 5. The van der Waals surface area contributed by atoms with Gasteiger partial charge in [0.05, 0.1) is 32.0 Å². The number of hydrogen-bond donors (Lipinski definition) is 1. The minimum atomic E-state index is -0.188. The highest BCUT2D eigenvalue weighted by Crippen LogP contribution is 2.32. The molecule has 0 radical (unpaired) electrons. The van der Waals surface area contributed by atoms with Gasteiger partial charge in [0.15, 0.2) is 11.5 Å². The number of hydrogen-bond acceptors (Lipinski definition) is 5. The molecule has 1 saturated heterocycles. The number of amides is 1. The summed E-state index contributed by atoms with van der Waals surface area (Å²) in [6.07, 6.45) is 0.408. The molecule has 2 unspecified atom stereocenters. The minimum Gasteiger partial charge on any atom is -0.493 e. The number of benzene rings is 2. The van der Waals surface area contributed by atoms with E-state index in [2.05, 4.69) is 46.7 Å². The smallest absolute Gasteiger partial charge is 0.256 e. The van der Waals surface area contributed by atoms with E-state index in [0.717, 1.165) is 28.0 Å². The zero-order valence-corrected chi connectivity index (χ0v) is 18.6. The summed E-state index contributed by atoms with van der Waals surface area (Å²) in [7, 11) is 3.13. The molecule has 1 aliphatic heterocycles. The highest BCUT2D eigenvalue weighted by molar-refractivity contribution is 14.1. The van der Waals surface area contributed by atoms with E-state index in [1.54, 1.807) is 26.4 Å². The summed E-state index contributed by atoms with van der Waals surface area (Å²) in [5.41, 5.74) is 2.41. The first-order valence-corrected chi connectivity index (χ1v) is 10.2. The Morgan fingerprint density at radius 3 is 2.21 bits per heavy atom. The summed E-state index contributed by atoms with van der Waals surface area (Å²) in [5, 5.41) is 2.95. The molecule has 0 saturated carbocycles. The van der Waals surface area contributed by atoms with Gasteiger partial charge in [-0.3, -0.25) is 4.79 Å². The van der Waals surface area contributed by atoms with Crippen LogP contribution < -0.4 is 19.7 Å². The van der Waals surface area contributed by atoms with Gasteiger partial charge in [0.25, 0.3) is 5.91 Å². The summed E-state index contributed by atoms with van der Waals surface area (Å²) in [6, 6.07) is 11.4. The van der Waals surface area contributed by atoms with Gasteiger partial charge >= 0.3 is 0 Å². The van der Waals surface area contributed by atoms with Crippen molar-refractivity contribution >= 4 is 39.9 Å². The average Bonchev–Trinajstić information content (AvgIpc) is 2.67. The lowest BCUT2D eigenvalue weighted by Crippen LogP contribution is -2.45. The largest absolute Gasteiger partial charge is 0.493 e. The lowest BCUT2D eigenvalue weighted by molar-refractivity contribution is -0.00521. The van der Waals surface area contributed by atoms with Gasteiger partial charge in [0.2, 0.25) is 0 Å². The van der Waals surface area contributed by atoms with Crippen LogP contribution in [0.2, 0.25) is 0 Å². The van der Waals surface area contributed by atoms with Crippen LogP contribution in [0.1, 0.15) is 24.2 Å². The molecule has 1 N–H and O–H groups in total. The summed E-state index contributed by atoms with van der Waals surface area (Å²) in [5.74, 6) is 0.937. The Hall–Kier alpha value is -2.00. The van der Waals surface area contributed by atoms with E-state index >= 15 is 0 Å². The van der Waals surface area contributed by atoms with E-state index in [-0.39, 0.29) is 18.1 Å². The third kappa shape index (κ3) is 4.70. The summed E-state index contributed by atoms with van der Waals surface area (Å²) < 4.78 is 17.2. The second-order valence-electron chi connectivity index (χ2n) is 6.85. The fraction of sp³-hybridized carbons (Fsp3) is 0.381. The van der Waals surface area contributed by atoms with Crippen LogP contribution in [0.3, 0.4) is 0 Å². The monoisotopic (exact) mass is 496 g/mol. The highest BCUT2D eigenvalue weighted by Gasteiger charge is 2.22. The molecule has 2 atom stereocenters. The topological polar surface area (TPSA) is 60.0 Å². The summed E-state index contributed by atoms with van der Waals surface area (Å²) in [4.78, 5) is 15.0. The standard InChI is InChI=1S/C21H25IN2O4/c1-13-11-24(12-14(2)28-13)16-7-5-15(6-8-16)23-21(25)17-9-19(26-3)20(27-4)10-18(17)22/h5-10,13-14H,11-12H2,1-4H3,(H,23,25). The van der Waals surface area contributed by atoms with Gasteiger partial charge < -0.3 is 24.4 Å². The Balaban J connectivity index is 1.73. The Kier molecular flexibility index (Phi) is 6.66. The maximum Gasteiger partial charge on any atom is 0.256 e. The molecule has 150 valence electrons.